The maximum Gasteiger partial charge on any atom is 0.303 e. The molecule has 6 heteroatoms. The quantitative estimate of drug-likeness (QED) is 0.461. The third kappa shape index (κ3) is 4.49. The van der Waals surface area contributed by atoms with Crippen molar-refractivity contribution in [3.63, 3.8) is 0 Å². The van der Waals surface area contributed by atoms with Crippen molar-refractivity contribution >= 4 is 28.4 Å². The highest BCUT2D eigenvalue weighted by molar-refractivity contribution is 6.05. The molecule has 1 amide bonds. The first-order chi connectivity index (χ1) is 13.0. The molecule has 0 heterocycles. The van der Waals surface area contributed by atoms with Gasteiger partial charge in [0.05, 0.1) is 17.7 Å². The molecule has 27 heavy (non-hydrogen) atoms. The lowest BCUT2D eigenvalue weighted by atomic mass is 10.1. The van der Waals surface area contributed by atoms with Gasteiger partial charge in [0.1, 0.15) is 5.75 Å². The molecule has 0 saturated heterocycles. The van der Waals surface area contributed by atoms with Gasteiger partial charge in [-0.3, -0.25) is 9.59 Å². The molecule has 3 N–H and O–H groups in total. The predicted octanol–water partition coefficient (Wildman–Crippen LogP) is 3.54. The Morgan fingerprint density at radius 3 is 2.19 bits per heavy atom. The van der Waals surface area contributed by atoms with Gasteiger partial charge in [0.25, 0.3) is 5.91 Å². The Bertz CT molecular complexity index is 1010. The second-order valence-electron chi connectivity index (χ2n) is 5.98. The summed E-state index contributed by atoms with van der Waals surface area (Å²) in [6.45, 7) is 0. The van der Waals surface area contributed by atoms with Crippen LogP contribution >= 0.6 is 0 Å². The number of carboxylic acid groups (broad SMARTS) is 1. The van der Waals surface area contributed by atoms with Gasteiger partial charge in [0.2, 0.25) is 0 Å². The molecule has 0 spiro atoms. The van der Waals surface area contributed by atoms with Gasteiger partial charge in [-0.25, -0.2) is 5.43 Å². The summed E-state index contributed by atoms with van der Waals surface area (Å²) in [6.07, 6.45) is 0.0636. The number of carbonyl (C=O) groups is 2. The van der Waals surface area contributed by atoms with Gasteiger partial charge in [-0.15, -0.1) is 0 Å². The van der Waals surface area contributed by atoms with Crippen LogP contribution in [0.1, 0.15) is 28.8 Å². The summed E-state index contributed by atoms with van der Waals surface area (Å²) in [5.41, 5.74) is 3.70. The van der Waals surface area contributed by atoms with E-state index in [2.05, 4.69) is 10.5 Å². The first kappa shape index (κ1) is 18.1. The lowest BCUT2D eigenvalue weighted by molar-refractivity contribution is -0.136. The Kier molecular flexibility index (Phi) is 5.47. The summed E-state index contributed by atoms with van der Waals surface area (Å²) >= 11 is 0. The zero-order chi connectivity index (χ0) is 19.2. The first-order valence-electron chi connectivity index (χ1n) is 8.40. The van der Waals surface area contributed by atoms with Crippen molar-refractivity contribution in [1.29, 1.82) is 0 Å². The Morgan fingerprint density at radius 2 is 1.52 bits per heavy atom. The van der Waals surface area contributed by atoms with E-state index in [4.69, 9.17) is 5.11 Å². The van der Waals surface area contributed by atoms with E-state index in [0.29, 0.717) is 5.71 Å². The summed E-state index contributed by atoms with van der Waals surface area (Å²) in [4.78, 5) is 23.4. The van der Waals surface area contributed by atoms with E-state index in [1.807, 2.05) is 42.5 Å². The number of rotatable bonds is 6. The number of phenols is 1. The molecule has 0 saturated carbocycles. The van der Waals surface area contributed by atoms with E-state index in [-0.39, 0.29) is 24.2 Å². The number of fused-ring (bicyclic) bond motifs is 1. The number of hydrogen-bond acceptors (Lipinski definition) is 4. The smallest absolute Gasteiger partial charge is 0.303 e. The number of benzene rings is 3. The van der Waals surface area contributed by atoms with Crippen molar-refractivity contribution in [2.24, 2.45) is 5.10 Å². The van der Waals surface area contributed by atoms with E-state index in [1.165, 1.54) is 6.07 Å². The minimum atomic E-state index is -0.947. The van der Waals surface area contributed by atoms with E-state index in [9.17, 15) is 14.7 Å². The van der Waals surface area contributed by atoms with Crippen molar-refractivity contribution in [1.82, 2.24) is 5.43 Å². The normalized spacial score (nSPS) is 11.3. The van der Waals surface area contributed by atoms with Gasteiger partial charge in [-0.2, -0.15) is 5.10 Å². The fourth-order valence-corrected chi connectivity index (χ4v) is 2.71. The second kappa shape index (κ2) is 8.14. The third-order valence-electron chi connectivity index (χ3n) is 4.08. The average Bonchev–Trinajstić information content (AvgIpc) is 2.67. The number of hydrazone groups is 1. The minimum Gasteiger partial charge on any atom is -0.507 e. The molecular weight excluding hydrogens is 344 g/mol. The van der Waals surface area contributed by atoms with Crippen LogP contribution in [-0.2, 0) is 4.79 Å². The molecule has 0 aliphatic carbocycles. The van der Waals surface area contributed by atoms with E-state index >= 15 is 0 Å². The monoisotopic (exact) mass is 362 g/mol. The molecule has 136 valence electrons. The number of nitrogens with one attached hydrogen (secondary N) is 1. The van der Waals surface area contributed by atoms with E-state index < -0.39 is 11.9 Å². The molecule has 0 aliphatic rings. The topological polar surface area (TPSA) is 99.0 Å². The number of amides is 1. The van der Waals surface area contributed by atoms with E-state index in [1.54, 1.807) is 18.2 Å². The number of nitrogens with zero attached hydrogens (tertiary/aromatic N) is 1. The summed E-state index contributed by atoms with van der Waals surface area (Å²) in [5.74, 6) is -1.66. The Labute approximate surface area is 155 Å². The summed E-state index contributed by atoms with van der Waals surface area (Å²) in [5, 5.41) is 24.8. The highest BCUT2D eigenvalue weighted by Crippen LogP contribution is 2.24. The van der Waals surface area contributed by atoms with Gasteiger partial charge < -0.3 is 10.2 Å². The molecule has 3 aromatic rings. The van der Waals surface area contributed by atoms with Crippen LogP contribution in [0.25, 0.3) is 10.8 Å². The largest absolute Gasteiger partial charge is 0.507 e. The van der Waals surface area contributed by atoms with Crippen LogP contribution in [0.15, 0.2) is 71.8 Å². The predicted molar refractivity (Wildman–Crippen MR) is 103 cm³/mol. The molecule has 0 bridgehead atoms. The summed E-state index contributed by atoms with van der Waals surface area (Å²) in [7, 11) is 0. The zero-order valence-electron chi connectivity index (χ0n) is 14.4. The molecule has 3 rings (SSSR count). The molecule has 0 atom stereocenters. The van der Waals surface area contributed by atoms with Crippen molar-refractivity contribution in [2.75, 3.05) is 0 Å². The van der Waals surface area contributed by atoms with Crippen molar-refractivity contribution < 1.29 is 19.8 Å². The maximum absolute atomic E-state index is 12.5. The van der Waals surface area contributed by atoms with Crippen LogP contribution in [0.2, 0.25) is 0 Å². The van der Waals surface area contributed by atoms with Crippen LogP contribution in [0.3, 0.4) is 0 Å². The molecular formula is C21H18N2O4. The fourth-order valence-electron chi connectivity index (χ4n) is 2.71. The number of phenolic OH excluding ortho intramolecular Hbond substituents is 1. The van der Waals surface area contributed by atoms with Gasteiger partial charge in [-0.1, -0.05) is 54.6 Å². The summed E-state index contributed by atoms with van der Waals surface area (Å²) in [6, 6.07) is 19.5. The van der Waals surface area contributed by atoms with Crippen LogP contribution in [0, 0.1) is 0 Å². The number of aromatic hydroxyl groups is 1. The molecule has 0 aliphatic heterocycles. The minimum absolute atomic E-state index is 0.100. The van der Waals surface area contributed by atoms with Crippen molar-refractivity contribution in [3.8, 4) is 5.75 Å². The van der Waals surface area contributed by atoms with Gasteiger partial charge >= 0.3 is 5.97 Å². The highest BCUT2D eigenvalue weighted by Gasteiger charge is 2.13. The highest BCUT2D eigenvalue weighted by atomic mass is 16.4. The third-order valence-corrected chi connectivity index (χ3v) is 4.08. The Morgan fingerprint density at radius 1 is 0.889 bits per heavy atom. The van der Waals surface area contributed by atoms with Gasteiger partial charge in [-0.05, 0) is 28.5 Å². The van der Waals surface area contributed by atoms with E-state index in [0.717, 1.165) is 16.3 Å². The van der Waals surface area contributed by atoms with Crippen LogP contribution < -0.4 is 5.43 Å². The second-order valence-corrected chi connectivity index (χ2v) is 5.98. The standard InChI is InChI=1S/C21H18N2O4/c24-19-13-16-9-5-4-8-15(16)12-17(19)21(27)23-22-18(10-11-20(25)26)14-6-2-1-3-7-14/h1-9,12-13,24H,10-11H2,(H,23,27)(H,25,26)/b22-18+. The Hall–Kier alpha value is -3.67. The number of carboxylic acids is 1. The van der Waals surface area contributed by atoms with Crippen molar-refractivity contribution in [2.45, 2.75) is 12.8 Å². The molecule has 0 fully saturated rings. The first-order valence-corrected chi connectivity index (χ1v) is 8.40. The van der Waals surface area contributed by atoms with Crippen LogP contribution in [-0.4, -0.2) is 27.8 Å². The zero-order valence-corrected chi connectivity index (χ0v) is 14.4. The number of aliphatic carboxylic acids is 1. The molecule has 0 aromatic heterocycles. The summed E-state index contributed by atoms with van der Waals surface area (Å²) < 4.78 is 0. The van der Waals surface area contributed by atoms with Gasteiger partial charge in [0.15, 0.2) is 0 Å². The number of hydrogen-bond donors (Lipinski definition) is 3. The van der Waals surface area contributed by atoms with Crippen molar-refractivity contribution in [3.05, 3.63) is 77.9 Å². The molecule has 6 nitrogen and oxygen atoms in total. The van der Waals surface area contributed by atoms with Crippen LogP contribution in [0.5, 0.6) is 5.75 Å². The van der Waals surface area contributed by atoms with Crippen LogP contribution in [0.4, 0.5) is 0 Å². The lowest BCUT2D eigenvalue weighted by Gasteiger charge is -2.08. The Balaban J connectivity index is 1.86. The van der Waals surface area contributed by atoms with Gasteiger partial charge in [0, 0.05) is 6.42 Å². The molecule has 3 aromatic carbocycles. The number of carbonyl (C=O) groups excluding carboxylic acids is 1. The lowest BCUT2D eigenvalue weighted by Crippen LogP contribution is -2.20. The SMILES string of the molecule is O=C(O)CC/C(=N\NC(=O)c1cc2ccccc2cc1O)c1ccccc1. The fraction of sp³-hybridized carbons (Fsp3) is 0.0952. The maximum atomic E-state index is 12.5. The molecule has 0 unspecified atom stereocenters. The molecule has 0 radical (unpaired) electrons. The average molecular weight is 362 g/mol.